The second-order valence-electron chi connectivity index (χ2n) is 3.45. The van der Waals surface area contributed by atoms with Crippen molar-refractivity contribution in [3.8, 4) is 5.75 Å². The van der Waals surface area contributed by atoms with Gasteiger partial charge in [0.15, 0.2) is 0 Å². The Morgan fingerprint density at radius 1 is 1.38 bits per heavy atom. The number of nitrogens with one attached hydrogen (secondary N) is 1. The van der Waals surface area contributed by atoms with Gasteiger partial charge >= 0.3 is 0 Å². The van der Waals surface area contributed by atoms with Crippen molar-refractivity contribution in [1.82, 2.24) is 5.32 Å². The van der Waals surface area contributed by atoms with Crippen molar-refractivity contribution in [2.45, 2.75) is 13.3 Å². The number of benzene rings is 1. The van der Waals surface area contributed by atoms with E-state index in [1.54, 1.807) is 7.11 Å². The molecule has 0 aliphatic carbocycles. The molecule has 86 valence electrons. The van der Waals surface area contributed by atoms with Crippen LogP contribution in [0, 0.1) is 0 Å². The Hall–Kier alpha value is -1.77. The van der Waals surface area contributed by atoms with E-state index in [-0.39, 0.29) is 5.91 Å². The number of carbonyl (C=O) groups is 1. The zero-order valence-corrected chi connectivity index (χ0v) is 9.69. The predicted molar refractivity (Wildman–Crippen MR) is 65.3 cm³/mol. The number of hydrogen-bond donors (Lipinski definition) is 1. The van der Waals surface area contributed by atoms with Gasteiger partial charge in [-0.2, -0.15) is 0 Å². The van der Waals surface area contributed by atoms with Crippen molar-refractivity contribution in [2.24, 2.45) is 0 Å². The first-order valence-corrected chi connectivity index (χ1v) is 5.27. The summed E-state index contributed by atoms with van der Waals surface area (Å²) < 4.78 is 5.07. The van der Waals surface area contributed by atoms with Gasteiger partial charge in [-0.3, -0.25) is 4.79 Å². The molecule has 3 heteroatoms. The summed E-state index contributed by atoms with van der Waals surface area (Å²) in [5, 5.41) is 2.74. The molecule has 1 amide bonds. The average molecular weight is 219 g/mol. The van der Waals surface area contributed by atoms with Crippen LogP contribution in [0.1, 0.15) is 18.9 Å². The number of methoxy groups -OCH3 is 1. The minimum absolute atomic E-state index is 0.0119. The Labute approximate surface area is 96.1 Å². The summed E-state index contributed by atoms with van der Waals surface area (Å²) in [5.74, 6) is 0.869. The quantitative estimate of drug-likeness (QED) is 0.771. The van der Waals surface area contributed by atoms with E-state index in [2.05, 4.69) is 5.32 Å². The van der Waals surface area contributed by atoms with Gasteiger partial charge in [-0.25, -0.2) is 0 Å². The van der Waals surface area contributed by atoms with Crippen LogP contribution in [0.4, 0.5) is 0 Å². The molecule has 1 rings (SSSR count). The van der Waals surface area contributed by atoms with Gasteiger partial charge in [-0.05, 0) is 24.1 Å². The highest BCUT2D eigenvalue weighted by molar-refractivity contribution is 5.72. The summed E-state index contributed by atoms with van der Waals surface area (Å²) in [6, 6.07) is 7.84. The highest BCUT2D eigenvalue weighted by Gasteiger charge is 1.90. The van der Waals surface area contributed by atoms with Crippen LogP contribution < -0.4 is 10.1 Å². The number of amides is 1. The van der Waals surface area contributed by atoms with Gasteiger partial charge in [-0.15, -0.1) is 0 Å². The Morgan fingerprint density at radius 2 is 2.06 bits per heavy atom. The fraction of sp³-hybridized carbons (Fsp3) is 0.308. The maximum absolute atomic E-state index is 10.6. The van der Waals surface area contributed by atoms with E-state index in [0.29, 0.717) is 6.54 Å². The lowest BCUT2D eigenvalue weighted by Gasteiger charge is -1.99. The molecule has 0 heterocycles. The average Bonchev–Trinajstić information content (AvgIpc) is 2.29. The van der Waals surface area contributed by atoms with Gasteiger partial charge in [0, 0.05) is 13.5 Å². The Kier molecular flexibility index (Phi) is 5.12. The van der Waals surface area contributed by atoms with E-state index in [0.717, 1.165) is 17.7 Å². The van der Waals surface area contributed by atoms with Crippen molar-refractivity contribution < 1.29 is 9.53 Å². The van der Waals surface area contributed by atoms with Crippen LogP contribution in [0.5, 0.6) is 5.75 Å². The van der Waals surface area contributed by atoms with Crippen molar-refractivity contribution in [3.05, 3.63) is 35.9 Å². The zero-order chi connectivity index (χ0) is 11.8. The normalized spacial score (nSPS) is 10.4. The molecule has 0 saturated heterocycles. The second kappa shape index (κ2) is 6.67. The largest absolute Gasteiger partial charge is 0.497 e. The first-order chi connectivity index (χ1) is 7.72. The number of rotatable bonds is 5. The lowest BCUT2D eigenvalue weighted by Crippen LogP contribution is -2.20. The third kappa shape index (κ3) is 4.64. The molecule has 0 aliphatic rings. The van der Waals surface area contributed by atoms with E-state index in [4.69, 9.17) is 4.74 Å². The van der Waals surface area contributed by atoms with Crippen molar-refractivity contribution in [1.29, 1.82) is 0 Å². The molecule has 0 aromatic heterocycles. The van der Waals surface area contributed by atoms with Crippen LogP contribution in [-0.4, -0.2) is 19.6 Å². The van der Waals surface area contributed by atoms with Crippen molar-refractivity contribution in [2.75, 3.05) is 13.7 Å². The first kappa shape index (κ1) is 12.3. The molecule has 0 unspecified atom stereocenters. The van der Waals surface area contributed by atoms with E-state index in [9.17, 15) is 4.79 Å². The van der Waals surface area contributed by atoms with E-state index >= 15 is 0 Å². The second-order valence-corrected chi connectivity index (χ2v) is 3.45. The first-order valence-electron chi connectivity index (χ1n) is 5.27. The fourth-order valence-electron chi connectivity index (χ4n) is 1.27. The van der Waals surface area contributed by atoms with Crippen molar-refractivity contribution in [3.63, 3.8) is 0 Å². The fourth-order valence-corrected chi connectivity index (χ4v) is 1.27. The molecule has 0 bridgehead atoms. The minimum atomic E-state index is 0.0119. The summed E-state index contributed by atoms with van der Waals surface area (Å²) in [5.41, 5.74) is 1.13. The SMILES string of the molecule is COc1ccc(C=CCCNC(C)=O)cc1. The maximum atomic E-state index is 10.6. The van der Waals surface area contributed by atoms with Crippen LogP contribution in [-0.2, 0) is 4.79 Å². The molecule has 16 heavy (non-hydrogen) atoms. The topological polar surface area (TPSA) is 38.3 Å². The standard InChI is InChI=1S/C13H17NO2/c1-11(15)14-10-4-3-5-12-6-8-13(16-2)9-7-12/h3,5-9H,4,10H2,1-2H3,(H,14,15). The van der Waals surface area contributed by atoms with E-state index < -0.39 is 0 Å². The summed E-state index contributed by atoms with van der Waals surface area (Å²) in [4.78, 5) is 10.6. The molecule has 0 aliphatic heterocycles. The molecular weight excluding hydrogens is 202 g/mol. The molecule has 0 spiro atoms. The van der Waals surface area contributed by atoms with E-state index in [1.165, 1.54) is 6.92 Å². The molecule has 1 aromatic carbocycles. The summed E-state index contributed by atoms with van der Waals surface area (Å²) in [6.45, 7) is 2.20. The molecule has 0 atom stereocenters. The smallest absolute Gasteiger partial charge is 0.216 e. The Bertz CT molecular complexity index is 355. The molecule has 3 nitrogen and oxygen atoms in total. The van der Waals surface area contributed by atoms with E-state index in [1.807, 2.05) is 36.4 Å². The van der Waals surface area contributed by atoms with Crippen LogP contribution in [0.25, 0.3) is 6.08 Å². The highest BCUT2D eigenvalue weighted by atomic mass is 16.5. The van der Waals surface area contributed by atoms with Crippen LogP contribution in [0.15, 0.2) is 30.3 Å². The molecule has 1 N–H and O–H groups in total. The van der Waals surface area contributed by atoms with Crippen LogP contribution in [0.2, 0.25) is 0 Å². The van der Waals surface area contributed by atoms with Gasteiger partial charge in [0.1, 0.15) is 5.75 Å². The lowest BCUT2D eigenvalue weighted by atomic mass is 10.2. The van der Waals surface area contributed by atoms with Crippen LogP contribution in [0.3, 0.4) is 0 Å². The number of carbonyl (C=O) groups excluding carboxylic acids is 1. The molecule has 0 fully saturated rings. The summed E-state index contributed by atoms with van der Waals surface area (Å²) in [7, 11) is 1.65. The zero-order valence-electron chi connectivity index (χ0n) is 9.69. The summed E-state index contributed by atoms with van der Waals surface area (Å²) >= 11 is 0. The maximum Gasteiger partial charge on any atom is 0.216 e. The van der Waals surface area contributed by atoms with Gasteiger partial charge < -0.3 is 10.1 Å². The van der Waals surface area contributed by atoms with Gasteiger partial charge in [0.2, 0.25) is 5.91 Å². The van der Waals surface area contributed by atoms with Gasteiger partial charge in [0.05, 0.1) is 7.11 Å². The lowest BCUT2D eigenvalue weighted by molar-refractivity contribution is -0.118. The minimum Gasteiger partial charge on any atom is -0.497 e. The molecular formula is C13H17NO2. The third-order valence-electron chi connectivity index (χ3n) is 2.11. The molecule has 1 aromatic rings. The third-order valence-corrected chi connectivity index (χ3v) is 2.11. The van der Waals surface area contributed by atoms with Crippen LogP contribution >= 0.6 is 0 Å². The molecule has 0 saturated carbocycles. The van der Waals surface area contributed by atoms with Crippen molar-refractivity contribution >= 4 is 12.0 Å². The number of hydrogen-bond acceptors (Lipinski definition) is 2. The summed E-state index contributed by atoms with van der Waals surface area (Å²) in [6.07, 6.45) is 4.91. The van der Waals surface area contributed by atoms with Gasteiger partial charge in [-0.1, -0.05) is 24.3 Å². The predicted octanol–water partition coefficient (Wildman–Crippen LogP) is 2.23. The van der Waals surface area contributed by atoms with Gasteiger partial charge in [0.25, 0.3) is 0 Å². The monoisotopic (exact) mass is 219 g/mol. The molecule has 0 radical (unpaired) electrons. The Balaban J connectivity index is 2.35. The number of ether oxygens (including phenoxy) is 1. The Morgan fingerprint density at radius 3 is 2.62 bits per heavy atom. The highest BCUT2D eigenvalue weighted by Crippen LogP contribution is 2.12.